The van der Waals surface area contributed by atoms with Crippen molar-refractivity contribution in [2.45, 2.75) is 26.8 Å². The number of amides is 1. The van der Waals surface area contributed by atoms with Crippen LogP contribution >= 0.6 is 0 Å². The fraction of sp³-hybridized carbons (Fsp3) is 0.300. The molecule has 2 rings (SSSR count). The van der Waals surface area contributed by atoms with Crippen LogP contribution in [0.2, 0.25) is 0 Å². The summed E-state index contributed by atoms with van der Waals surface area (Å²) in [6.45, 7) is 5.40. The maximum atomic E-state index is 11.9. The van der Waals surface area contributed by atoms with Crippen molar-refractivity contribution in [3.05, 3.63) is 65.2 Å². The summed E-state index contributed by atoms with van der Waals surface area (Å²) in [5.41, 5.74) is 3.38. The molecule has 132 valence electrons. The Morgan fingerprint density at radius 3 is 2.40 bits per heavy atom. The van der Waals surface area contributed by atoms with Crippen LogP contribution in [0.5, 0.6) is 5.75 Å². The average Bonchev–Trinajstić information content (AvgIpc) is 2.61. The second-order valence-corrected chi connectivity index (χ2v) is 5.90. The summed E-state index contributed by atoms with van der Waals surface area (Å²) < 4.78 is 10.2. The maximum absolute atomic E-state index is 11.9. The molecule has 0 aliphatic carbocycles. The fourth-order valence-electron chi connectivity index (χ4n) is 2.25. The van der Waals surface area contributed by atoms with E-state index < -0.39 is 5.97 Å². The Bertz CT molecular complexity index is 728. The number of benzene rings is 2. The Balaban J connectivity index is 1.74. The van der Waals surface area contributed by atoms with E-state index in [0.29, 0.717) is 5.75 Å². The van der Waals surface area contributed by atoms with Gasteiger partial charge in [-0.25, -0.2) is 4.79 Å². The molecule has 1 atom stereocenters. The molecule has 1 amide bonds. The molecule has 0 bridgehead atoms. The topological polar surface area (TPSA) is 64.6 Å². The second kappa shape index (κ2) is 8.87. The lowest BCUT2D eigenvalue weighted by Gasteiger charge is -2.16. The van der Waals surface area contributed by atoms with Gasteiger partial charge in [0.05, 0.1) is 6.04 Å². The minimum atomic E-state index is -0.585. The van der Waals surface area contributed by atoms with Crippen molar-refractivity contribution in [1.29, 1.82) is 0 Å². The van der Waals surface area contributed by atoms with Crippen LogP contribution < -0.4 is 10.1 Å². The Kier molecular flexibility index (Phi) is 6.57. The van der Waals surface area contributed by atoms with E-state index in [1.807, 2.05) is 57.2 Å². The molecule has 0 aliphatic rings. The van der Waals surface area contributed by atoms with E-state index in [0.717, 1.165) is 5.56 Å². The first-order chi connectivity index (χ1) is 12.0. The van der Waals surface area contributed by atoms with E-state index in [1.165, 1.54) is 11.1 Å². The highest BCUT2D eigenvalue weighted by Crippen LogP contribution is 2.16. The van der Waals surface area contributed by atoms with Gasteiger partial charge in [0, 0.05) is 0 Å². The van der Waals surface area contributed by atoms with Crippen LogP contribution in [0, 0.1) is 13.8 Å². The first-order valence-corrected chi connectivity index (χ1v) is 8.15. The molecule has 5 heteroatoms. The molecule has 2 aromatic rings. The summed E-state index contributed by atoms with van der Waals surface area (Å²) in [5, 5.41) is 2.82. The Morgan fingerprint density at radius 2 is 1.72 bits per heavy atom. The minimum absolute atomic E-state index is 0.161. The minimum Gasteiger partial charge on any atom is -0.482 e. The predicted octanol–water partition coefficient (Wildman–Crippen LogP) is 3.10. The maximum Gasteiger partial charge on any atom is 0.344 e. The highest BCUT2D eigenvalue weighted by Gasteiger charge is 2.13. The van der Waals surface area contributed by atoms with Gasteiger partial charge in [0.25, 0.3) is 5.91 Å². The number of ether oxygens (including phenoxy) is 2. The van der Waals surface area contributed by atoms with Crippen molar-refractivity contribution in [1.82, 2.24) is 5.32 Å². The third-order valence-electron chi connectivity index (χ3n) is 3.87. The van der Waals surface area contributed by atoms with Crippen molar-refractivity contribution in [3.63, 3.8) is 0 Å². The van der Waals surface area contributed by atoms with Gasteiger partial charge in [-0.15, -0.1) is 0 Å². The summed E-state index contributed by atoms with van der Waals surface area (Å²) in [6, 6.07) is 14.8. The number of nitrogens with one attached hydrogen (secondary N) is 1. The van der Waals surface area contributed by atoms with Crippen LogP contribution in [0.15, 0.2) is 48.5 Å². The van der Waals surface area contributed by atoms with E-state index >= 15 is 0 Å². The van der Waals surface area contributed by atoms with Crippen molar-refractivity contribution in [2.24, 2.45) is 0 Å². The van der Waals surface area contributed by atoms with Gasteiger partial charge in [-0.3, -0.25) is 4.79 Å². The molecule has 0 unspecified atom stereocenters. The van der Waals surface area contributed by atoms with Crippen molar-refractivity contribution >= 4 is 11.9 Å². The van der Waals surface area contributed by atoms with Gasteiger partial charge < -0.3 is 14.8 Å². The highest BCUT2D eigenvalue weighted by atomic mass is 16.6. The van der Waals surface area contributed by atoms with E-state index in [-0.39, 0.29) is 25.2 Å². The SMILES string of the molecule is Cc1ccc([C@@H](C)NC(=O)COC(=O)COc2ccccc2)cc1C. The van der Waals surface area contributed by atoms with Gasteiger partial charge in [-0.1, -0.05) is 36.4 Å². The Morgan fingerprint density at radius 1 is 1.00 bits per heavy atom. The van der Waals surface area contributed by atoms with Crippen molar-refractivity contribution < 1.29 is 19.1 Å². The summed E-state index contributed by atoms with van der Waals surface area (Å²) in [6.07, 6.45) is 0. The summed E-state index contributed by atoms with van der Waals surface area (Å²) in [5.74, 6) is -0.358. The quantitative estimate of drug-likeness (QED) is 0.786. The molecule has 25 heavy (non-hydrogen) atoms. The number of esters is 1. The van der Waals surface area contributed by atoms with Crippen LogP contribution in [-0.4, -0.2) is 25.1 Å². The van der Waals surface area contributed by atoms with E-state index in [2.05, 4.69) is 5.32 Å². The third kappa shape index (κ3) is 5.95. The van der Waals surface area contributed by atoms with E-state index in [1.54, 1.807) is 12.1 Å². The van der Waals surface area contributed by atoms with Gasteiger partial charge in [-0.05, 0) is 49.6 Å². The normalized spacial score (nSPS) is 11.5. The van der Waals surface area contributed by atoms with Crippen LogP contribution in [0.25, 0.3) is 0 Å². The summed E-state index contributed by atoms with van der Waals surface area (Å²) in [7, 11) is 0. The number of rotatable bonds is 7. The molecule has 2 aromatic carbocycles. The molecule has 0 fully saturated rings. The molecular formula is C20H23NO4. The summed E-state index contributed by atoms with van der Waals surface area (Å²) in [4.78, 5) is 23.6. The van der Waals surface area contributed by atoms with E-state index in [9.17, 15) is 9.59 Å². The predicted molar refractivity (Wildman–Crippen MR) is 95.4 cm³/mol. The molecule has 0 aliphatic heterocycles. The summed E-state index contributed by atoms with van der Waals surface area (Å²) >= 11 is 0. The molecular weight excluding hydrogens is 318 g/mol. The van der Waals surface area contributed by atoms with Gasteiger partial charge in [0.1, 0.15) is 5.75 Å². The Hall–Kier alpha value is -2.82. The van der Waals surface area contributed by atoms with Crippen molar-refractivity contribution in [2.75, 3.05) is 13.2 Å². The van der Waals surface area contributed by atoms with E-state index in [4.69, 9.17) is 9.47 Å². The van der Waals surface area contributed by atoms with Crippen LogP contribution in [-0.2, 0) is 14.3 Å². The lowest BCUT2D eigenvalue weighted by atomic mass is 10.0. The lowest BCUT2D eigenvalue weighted by Crippen LogP contribution is -2.32. The number of hydrogen-bond donors (Lipinski definition) is 1. The number of para-hydroxylation sites is 1. The molecule has 0 saturated heterocycles. The Labute approximate surface area is 148 Å². The van der Waals surface area contributed by atoms with Gasteiger partial charge in [0.2, 0.25) is 0 Å². The number of carbonyl (C=O) groups excluding carboxylic acids is 2. The first kappa shape index (κ1) is 18.5. The average molecular weight is 341 g/mol. The molecule has 1 N–H and O–H groups in total. The number of aryl methyl sites for hydroxylation is 2. The second-order valence-electron chi connectivity index (χ2n) is 5.90. The third-order valence-corrected chi connectivity index (χ3v) is 3.87. The largest absolute Gasteiger partial charge is 0.482 e. The first-order valence-electron chi connectivity index (χ1n) is 8.15. The smallest absolute Gasteiger partial charge is 0.344 e. The number of hydrogen-bond acceptors (Lipinski definition) is 4. The zero-order valence-electron chi connectivity index (χ0n) is 14.7. The number of carbonyl (C=O) groups is 2. The van der Waals surface area contributed by atoms with Gasteiger partial charge in [0.15, 0.2) is 13.2 Å². The fourth-order valence-corrected chi connectivity index (χ4v) is 2.25. The van der Waals surface area contributed by atoms with Crippen LogP contribution in [0.3, 0.4) is 0 Å². The van der Waals surface area contributed by atoms with Gasteiger partial charge >= 0.3 is 5.97 Å². The zero-order chi connectivity index (χ0) is 18.2. The molecule has 0 spiro atoms. The molecule has 0 heterocycles. The highest BCUT2D eigenvalue weighted by molar-refractivity contribution is 5.81. The molecule has 0 saturated carbocycles. The standard InChI is InChI=1S/C20H23NO4/c1-14-9-10-17(11-15(14)2)16(3)21-19(22)12-25-20(23)13-24-18-7-5-4-6-8-18/h4-11,16H,12-13H2,1-3H3,(H,21,22)/t16-/m1/s1. The van der Waals surface area contributed by atoms with Crippen molar-refractivity contribution in [3.8, 4) is 5.75 Å². The van der Waals surface area contributed by atoms with Crippen LogP contribution in [0.1, 0.15) is 29.7 Å². The lowest BCUT2D eigenvalue weighted by molar-refractivity contribution is -0.150. The molecule has 5 nitrogen and oxygen atoms in total. The van der Waals surface area contributed by atoms with Crippen LogP contribution in [0.4, 0.5) is 0 Å². The van der Waals surface area contributed by atoms with Gasteiger partial charge in [-0.2, -0.15) is 0 Å². The zero-order valence-corrected chi connectivity index (χ0v) is 14.7. The molecule has 0 aromatic heterocycles. The monoisotopic (exact) mass is 341 g/mol. The molecule has 0 radical (unpaired) electrons.